The van der Waals surface area contributed by atoms with Gasteiger partial charge in [0.2, 0.25) is 5.95 Å². The van der Waals surface area contributed by atoms with Gasteiger partial charge in [0.05, 0.1) is 16.2 Å². The minimum atomic E-state index is 0.0968. The van der Waals surface area contributed by atoms with Gasteiger partial charge in [-0.1, -0.05) is 53.5 Å². The summed E-state index contributed by atoms with van der Waals surface area (Å²) in [6.45, 7) is 4.56. The van der Waals surface area contributed by atoms with Gasteiger partial charge < -0.3 is 15.2 Å². The van der Waals surface area contributed by atoms with Crippen LogP contribution < -0.4 is 10.6 Å². The van der Waals surface area contributed by atoms with Crippen molar-refractivity contribution in [1.29, 1.82) is 0 Å². The van der Waals surface area contributed by atoms with Crippen LogP contribution in [0.2, 0.25) is 10.0 Å². The molecule has 6 nitrogen and oxygen atoms in total. The summed E-state index contributed by atoms with van der Waals surface area (Å²) in [5, 5.41) is 1.01. The number of aromatic nitrogens is 4. The van der Waals surface area contributed by atoms with E-state index in [4.69, 9.17) is 43.9 Å². The average molecular weight is 493 g/mol. The van der Waals surface area contributed by atoms with Crippen molar-refractivity contribution < 1.29 is 0 Å². The van der Waals surface area contributed by atoms with Crippen molar-refractivity contribution in [3.8, 4) is 11.4 Å². The Labute approximate surface area is 208 Å². The standard InChI is InChI=1S/C26H26Cl2N6/c1-2-34-20-15-30-25(32-23(20)31-24(34)18-8-5-9-19(27)21(18)28)33-12-10-26(11-13-33)14-16-6-3-4-7-17(16)22(26)29/h3-9,15,22H,2,10-14,29H2,1H3/t22-/m1/s1. The normalized spacial score (nSPS) is 19.2. The van der Waals surface area contributed by atoms with Crippen molar-refractivity contribution in [3.05, 3.63) is 69.8 Å². The Morgan fingerprint density at radius 1 is 1.06 bits per heavy atom. The number of nitrogens with zero attached hydrogens (tertiary/aromatic N) is 5. The zero-order chi connectivity index (χ0) is 23.4. The van der Waals surface area contributed by atoms with E-state index in [9.17, 15) is 0 Å². The molecule has 34 heavy (non-hydrogen) atoms. The number of benzene rings is 2. The summed E-state index contributed by atoms with van der Waals surface area (Å²) < 4.78 is 2.08. The summed E-state index contributed by atoms with van der Waals surface area (Å²) in [5.74, 6) is 1.47. The first kappa shape index (κ1) is 21.8. The van der Waals surface area contributed by atoms with Crippen molar-refractivity contribution >= 4 is 40.3 Å². The average Bonchev–Trinajstić information content (AvgIpc) is 3.36. The lowest BCUT2D eigenvalue weighted by Crippen LogP contribution is -2.44. The highest BCUT2D eigenvalue weighted by atomic mass is 35.5. The highest BCUT2D eigenvalue weighted by molar-refractivity contribution is 6.43. The van der Waals surface area contributed by atoms with Gasteiger partial charge in [-0.25, -0.2) is 9.97 Å². The van der Waals surface area contributed by atoms with Crippen LogP contribution >= 0.6 is 23.2 Å². The van der Waals surface area contributed by atoms with E-state index in [0.29, 0.717) is 15.7 Å². The number of aryl methyl sites for hydroxylation is 1. The van der Waals surface area contributed by atoms with Crippen LogP contribution in [0.3, 0.4) is 0 Å². The smallest absolute Gasteiger partial charge is 0.227 e. The molecule has 0 bridgehead atoms. The Kier molecular flexibility index (Phi) is 5.28. The quantitative estimate of drug-likeness (QED) is 0.399. The van der Waals surface area contributed by atoms with Gasteiger partial charge in [-0.3, -0.25) is 0 Å². The second-order valence-electron chi connectivity index (χ2n) is 9.36. The lowest BCUT2D eigenvalue weighted by molar-refractivity contribution is 0.187. The van der Waals surface area contributed by atoms with Crippen LogP contribution in [0.15, 0.2) is 48.7 Å². The Morgan fingerprint density at radius 2 is 1.85 bits per heavy atom. The monoisotopic (exact) mass is 492 g/mol. The Morgan fingerprint density at radius 3 is 2.62 bits per heavy atom. The Bertz CT molecular complexity index is 1390. The molecule has 1 aliphatic carbocycles. The lowest BCUT2D eigenvalue weighted by atomic mass is 9.73. The molecular weight excluding hydrogens is 467 g/mol. The van der Waals surface area contributed by atoms with Gasteiger partial charge in [0.25, 0.3) is 0 Å². The van der Waals surface area contributed by atoms with Crippen LogP contribution in [0.4, 0.5) is 5.95 Å². The van der Waals surface area contributed by atoms with E-state index in [1.54, 1.807) is 6.07 Å². The van der Waals surface area contributed by atoms with Crippen molar-refractivity contribution in [3.63, 3.8) is 0 Å². The molecule has 1 atom stereocenters. The molecule has 0 saturated carbocycles. The zero-order valence-corrected chi connectivity index (χ0v) is 20.5. The molecule has 0 amide bonds. The van der Waals surface area contributed by atoms with Crippen LogP contribution in [0, 0.1) is 5.41 Å². The summed E-state index contributed by atoms with van der Waals surface area (Å²) in [6, 6.07) is 14.3. The fraction of sp³-hybridized carbons (Fsp3) is 0.346. The third kappa shape index (κ3) is 3.31. The second kappa shape index (κ2) is 8.22. The van der Waals surface area contributed by atoms with Crippen LogP contribution in [0.25, 0.3) is 22.6 Å². The molecule has 1 spiro atoms. The molecule has 0 radical (unpaired) electrons. The van der Waals surface area contributed by atoms with E-state index in [0.717, 1.165) is 61.7 Å². The number of imidazole rings is 1. The van der Waals surface area contributed by atoms with Crippen LogP contribution in [0.5, 0.6) is 0 Å². The maximum Gasteiger partial charge on any atom is 0.227 e. The van der Waals surface area contributed by atoms with Crippen LogP contribution in [-0.4, -0.2) is 32.6 Å². The molecule has 3 heterocycles. The van der Waals surface area contributed by atoms with Gasteiger partial charge in [-0.15, -0.1) is 0 Å². The number of hydrogen-bond donors (Lipinski definition) is 1. The number of nitrogens with two attached hydrogens (primary N) is 1. The van der Waals surface area contributed by atoms with Gasteiger partial charge in [-0.2, -0.15) is 4.98 Å². The van der Waals surface area contributed by atoms with E-state index in [-0.39, 0.29) is 11.5 Å². The summed E-state index contributed by atoms with van der Waals surface area (Å²) in [6.07, 6.45) is 4.98. The van der Waals surface area contributed by atoms with E-state index < -0.39 is 0 Å². The van der Waals surface area contributed by atoms with Crippen molar-refractivity contribution in [1.82, 2.24) is 19.5 Å². The molecule has 2 N–H and O–H groups in total. The molecule has 1 fully saturated rings. The first-order valence-corrected chi connectivity index (χ1v) is 12.5. The molecular formula is C26H26Cl2N6. The summed E-state index contributed by atoms with van der Waals surface area (Å²) in [4.78, 5) is 16.7. The van der Waals surface area contributed by atoms with Crippen molar-refractivity contribution in [2.75, 3.05) is 18.0 Å². The Hall–Kier alpha value is -2.67. The van der Waals surface area contributed by atoms with Crippen molar-refractivity contribution in [2.24, 2.45) is 11.1 Å². The molecule has 8 heteroatoms. The number of piperidine rings is 1. The number of halogens is 2. The largest absolute Gasteiger partial charge is 0.341 e. The molecule has 1 saturated heterocycles. The molecule has 2 aromatic heterocycles. The number of rotatable bonds is 3. The molecule has 2 aliphatic rings. The predicted octanol–water partition coefficient (Wildman–Crippen LogP) is 5.66. The van der Waals surface area contributed by atoms with Gasteiger partial charge in [0.1, 0.15) is 11.3 Å². The molecule has 4 aromatic rings. The molecule has 6 rings (SSSR count). The second-order valence-corrected chi connectivity index (χ2v) is 10.1. The topological polar surface area (TPSA) is 72.9 Å². The number of anilines is 1. The number of fused-ring (bicyclic) bond motifs is 2. The summed E-state index contributed by atoms with van der Waals surface area (Å²) in [5.41, 5.74) is 11.9. The fourth-order valence-corrected chi connectivity index (χ4v) is 6.10. The van der Waals surface area contributed by atoms with Gasteiger partial charge >= 0.3 is 0 Å². The third-order valence-corrected chi connectivity index (χ3v) is 8.46. The lowest BCUT2D eigenvalue weighted by Gasteiger charge is -2.42. The molecule has 2 aromatic carbocycles. The maximum absolute atomic E-state index is 6.74. The van der Waals surface area contributed by atoms with Gasteiger partial charge in [-0.05, 0) is 54.9 Å². The molecule has 1 aliphatic heterocycles. The highest BCUT2D eigenvalue weighted by Crippen LogP contribution is 2.50. The van der Waals surface area contributed by atoms with E-state index in [1.165, 1.54) is 11.1 Å². The SMILES string of the molecule is CCn1c(-c2cccc(Cl)c2Cl)nc2nc(N3CCC4(CC3)Cc3ccccc3[C@H]4N)ncc21. The number of hydrogen-bond acceptors (Lipinski definition) is 5. The minimum absolute atomic E-state index is 0.0968. The minimum Gasteiger partial charge on any atom is -0.341 e. The highest BCUT2D eigenvalue weighted by Gasteiger charge is 2.46. The fourth-order valence-electron chi connectivity index (χ4n) is 5.72. The van der Waals surface area contributed by atoms with Gasteiger partial charge in [0, 0.05) is 31.2 Å². The van der Waals surface area contributed by atoms with Crippen LogP contribution in [-0.2, 0) is 13.0 Å². The van der Waals surface area contributed by atoms with Gasteiger partial charge in [0.15, 0.2) is 5.65 Å². The first-order chi connectivity index (χ1) is 16.5. The molecule has 174 valence electrons. The van der Waals surface area contributed by atoms with Crippen LogP contribution in [0.1, 0.15) is 36.9 Å². The van der Waals surface area contributed by atoms with Crippen molar-refractivity contribution in [2.45, 2.75) is 38.8 Å². The van der Waals surface area contributed by atoms with E-state index in [2.05, 4.69) is 40.7 Å². The Balaban J connectivity index is 1.29. The van der Waals surface area contributed by atoms with E-state index >= 15 is 0 Å². The molecule has 0 unspecified atom stereocenters. The first-order valence-electron chi connectivity index (χ1n) is 11.8. The maximum atomic E-state index is 6.74. The zero-order valence-electron chi connectivity index (χ0n) is 19.0. The summed E-state index contributed by atoms with van der Waals surface area (Å²) >= 11 is 12.8. The van der Waals surface area contributed by atoms with E-state index in [1.807, 2.05) is 18.3 Å². The third-order valence-electron chi connectivity index (χ3n) is 7.64. The summed E-state index contributed by atoms with van der Waals surface area (Å²) in [7, 11) is 0. The predicted molar refractivity (Wildman–Crippen MR) is 137 cm³/mol.